The lowest BCUT2D eigenvalue weighted by Gasteiger charge is -2.01. The van der Waals surface area contributed by atoms with Crippen molar-refractivity contribution in [3.63, 3.8) is 0 Å². The molecule has 2 nitrogen and oxygen atoms in total. The molecule has 1 aromatic carbocycles. The minimum atomic E-state index is 0. The maximum Gasteiger partial charge on any atom is 0.159 e. The standard InChI is InChI=1S/C19H29NO.C2H6.H2/c1-3-5-7-14-20-15-8-6-9-19(21)16-18-12-10-17(4-2)11-13-18;1-2;/h6,9-13,20H,3-5,7-8,14-16H2,1-2H3;1-2H3;1H/b9-6-;;. The van der Waals surface area contributed by atoms with E-state index in [-0.39, 0.29) is 7.21 Å². The Morgan fingerprint density at radius 2 is 1.70 bits per heavy atom. The zero-order valence-corrected chi connectivity index (χ0v) is 15.5. The molecule has 0 radical (unpaired) electrons. The first kappa shape index (κ1) is 21.6. The van der Waals surface area contributed by atoms with Gasteiger partial charge >= 0.3 is 0 Å². The first-order valence-corrected chi connectivity index (χ1v) is 9.24. The van der Waals surface area contributed by atoms with Gasteiger partial charge in [-0.1, -0.05) is 70.9 Å². The van der Waals surface area contributed by atoms with Crippen molar-refractivity contribution in [3.8, 4) is 0 Å². The molecule has 0 unspecified atom stereocenters. The van der Waals surface area contributed by atoms with Crippen LogP contribution in [-0.2, 0) is 17.6 Å². The summed E-state index contributed by atoms with van der Waals surface area (Å²) in [5.41, 5.74) is 2.41. The molecule has 0 atom stereocenters. The molecule has 0 aliphatic heterocycles. The fourth-order valence-corrected chi connectivity index (χ4v) is 2.18. The summed E-state index contributed by atoms with van der Waals surface area (Å²) in [6.45, 7) is 10.4. The van der Waals surface area contributed by atoms with E-state index in [0.29, 0.717) is 6.42 Å². The molecule has 0 saturated carbocycles. The third-order valence-electron chi connectivity index (χ3n) is 3.56. The molecule has 1 aromatic rings. The number of carbonyl (C=O) groups is 1. The van der Waals surface area contributed by atoms with E-state index in [2.05, 4.69) is 43.4 Å². The summed E-state index contributed by atoms with van der Waals surface area (Å²) in [6.07, 6.45) is 9.97. The lowest BCUT2D eigenvalue weighted by molar-refractivity contribution is -0.114. The highest BCUT2D eigenvalue weighted by atomic mass is 16.1. The zero-order chi connectivity index (χ0) is 17.3. The SMILES string of the molecule is CC.CCCCCNCC/C=C\C(=O)Cc1ccc(CC)cc1.[HH]. The Bertz CT molecular complexity index is 426. The van der Waals surface area contributed by atoms with Crippen LogP contribution < -0.4 is 5.32 Å². The predicted octanol–water partition coefficient (Wildman–Crippen LogP) is 5.36. The Labute approximate surface area is 144 Å². The van der Waals surface area contributed by atoms with Crippen LogP contribution in [0.3, 0.4) is 0 Å². The van der Waals surface area contributed by atoms with Crippen LogP contribution in [0.15, 0.2) is 36.4 Å². The van der Waals surface area contributed by atoms with Gasteiger partial charge in [-0.25, -0.2) is 0 Å². The molecule has 0 bridgehead atoms. The fourth-order valence-electron chi connectivity index (χ4n) is 2.18. The van der Waals surface area contributed by atoms with Crippen molar-refractivity contribution in [3.05, 3.63) is 47.5 Å². The summed E-state index contributed by atoms with van der Waals surface area (Å²) in [5.74, 6) is 0.185. The van der Waals surface area contributed by atoms with Crippen LogP contribution >= 0.6 is 0 Å². The van der Waals surface area contributed by atoms with Gasteiger partial charge in [-0.05, 0) is 49.6 Å². The second-order valence-corrected chi connectivity index (χ2v) is 5.46. The second kappa shape index (κ2) is 15.5. The molecule has 0 heterocycles. The Hall–Kier alpha value is -1.41. The summed E-state index contributed by atoms with van der Waals surface area (Å²) >= 11 is 0. The molecule has 0 spiro atoms. The van der Waals surface area contributed by atoms with Gasteiger partial charge in [0.2, 0.25) is 0 Å². The maximum atomic E-state index is 11.8. The van der Waals surface area contributed by atoms with Crippen molar-refractivity contribution in [1.29, 1.82) is 0 Å². The molecule has 0 fully saturated rings. The van der Waals surface area contributed by atoms with Crippen LogP contribution in [0.25, 0.3) is 0 Å². The zero-order valence-electron chi connectivity index (χ0n) is 15.5. The molecular formula is C21H37NO. The summed E-state index contributed by atoms with van der Waals surface area (Å²) in [5, 5.41) is 3.39. The minimum absolute atomic E-state index is 0. The Morgan fingerprint density at radius 3 is 2.30 bits per heavy atom. The van der Waals surface area contributed by atoms with Crippen LogP contribution in [0, 0.1) is 0 Å². The highest BCUT2D eigenvalue weighted by molar-refractivity contribution is 5.91. The van der Waals surface area contributed by atoms with Gasteiger partial charge in [0.25, 0.3) is 0 Å². The van der Waals surface area contributed by atoms with Crippen molar-refractivity contribution in [2.24, 2.45) is 0 Å². The molecule has 0 aliphatic carbocycles. The third kappa shape index (κ3) is 11.8. The van der Waals surface area contributed by atoms with Crippen LogP contribution in [0.5, 0.6) is 0 Å². The van der Waals surface area contributed by atoms with Gasteiger partial charge in [0, 0.05) is 7.85 Å². The second-order valence-electron chi connectivity index (χ2n) is 5.46. The van der Waals surface area contributed by atoms with Crippen molar-refractivity contribution in [2.75, 3.05) is 13.1 Å². The molecule has 132 valence electrons. The molecule has 1 rings (SSSR count). The lowest BCUT2D eigenvalue weighted by atomic mass is 10.1. The van der Waals surface area contributed by atoms with Gasteiger partial charge in [-0.2, -0.15) is 0 Å². The van der Waals surface area contributed by atoms with Crippen LogP contribution in [0.4, 0.5) is 0 Å². The van der Waals surface area contributed by atoms with Gasteiger partial charge in [-0.15, -0.1) is 0 Å². The van der Waals surface area contributed by atoms with E-state index in [9.17, 15) is 4.79 Å². The minimum Gasteiger partial charge on any atom is -0.316 e. The summed E-state index contributed by atoms with van der Waals surface area (Å²) in [6, 6.07) is 8.32. The average molecular weight is 320 g/mol. The Balaban J connectivity index is 0. The summed E-state index contributed by atoms with van der Waals surface area (Å²) in [4.78, 5) is 11.8. The average Bonchev–Trinajstić information content (AvgIpc) is 2.60. The Morgan fingerprint density at radius 1 is 1.04 bits per heavy atom. The number of hydrogen-bond acceptors (Lipinski definition) is 2. The van der Waals surface area contributed by atoms with Gasteiger partial charge in [0.15, 0.2) is 5.78 Å². The number of allylic oxidation sites excluding steroid dienone is 1. The number of aryl methyl sites for hydroxylation is 1. The number of benzene rings is 1. The fraction of sp³-hybridized carbons (Fsp3) is 0.571. The number of rotatable bonds is 11. The van der Waals surface area contributed by atoms with E-state index in [1.165, 1.54) is 24.8 Å². The predicted molar refractivity (Wildman–Crippen MR) is 104 cm³/mol. The highest BCUT2D eigenvalue weighted by Gasteiger charge is 1.99. The third-order valence-corrected chi connectivity index (χ3v) is 3.56. The van der Waals surface area contributed by atoms with Gasteiger partial charge in [0.05, 0.1) is 0 Å². The van der Waals surface area contributed by atoms with E-state index in [1.807, 2.05) is 19.9 Å². The molecular weight excluding hydrogens is 282 g/mol. The molecule has 2 heteroatoms. The van der Waals surface area contributed by atoms with Crippen molar-refractivity contribution < 1.29 is 6.22 Å². The molecule has 0 aliphatic rings. The quantitative estimate of drug-likeness (QED) is 0.439. The van der Waals surface area contributed by atoms with Gasteiger partial charge < -0.3 is 5.32 Å². The van der Waals surface area contributed by atoms with E-state index < -0.39 is 0 Å². The number of nitrogens with one attached hydrogen (secondary N) is 1. The smallest absolute Gasteiger partial charge is 0.159 e. The van der Waals surface area contributed by atoms with E-state index in [4.69, 9.17) is 0 Å². The van der Waals surface area contributed by atoms with Gasteiger partial charge in [0.1, 0.15) is 0 Å². The van der Waals surface area contributed by atoms with Crippen molar-refractivity contribution in [1.82, 2.24) is 5.32 Å². The van der Waals surface area contributed by atoms with E-state index in [1.54, 1.807) is 6.08 Å². The molecule has 23 heavy (non-hydrogen) atoms. The first-order valence-electron chi connectivity index (χ1n) is 9.24. The van der Waals surface area contributed by atoms with Crippen LogP contribution in [0.2, 0.25) is 0 Å². The number of carbonyl (C=O) groups excluding carboxylic acids is 1. The van der Waals surface area contributed by atoms with Crippen LogP contribution in [-0.4, -0.2) is 18.9 Å². The topological polar surface area (TPSA) is 29.1 Å². The Kier molecular flexibility index (Phi) is 14.5. The molecule has 0 aromatic heterocycles. The van der Waals surface area contributed by atoms with Gasteiger partial charge in [-0.3, -0.25) is 4.79 Å². The van der Waals surface area contributed by atoms with E-state index >= 15 is 0 Å². The normalized spacial score (nSPS) is 10.4. The van der Waals surface area contributed by atoms with Crippen LogP contribution in [0.1, 0.15) is 65.9 Å². The van der Waals surface area contributed by atoms with E-state index in [0.717, 1.165) is 31.5 Å². The molecule has 0 saturated heterocycles. The van der Waals surface area contributed by atoms with Crippen molar-refractivity contribution >= 4 is 5.78 Å². The number of ketones is 1. The molecule has 0 amide bonds. The monoisotopic (exact) mass is 319 g/mol. The number of unbranched alkanes of at least 4 members (excludes halogenated alkanes) is 2. The maximum absolute atomic E-state index is 11.8. The first-order chi connectivity index (χ1) is 11.3. The number of hydrogen-bond donors (Lipinski definition) is 1. The van der Waals surface area contributed by atoms with Crippen molar-refractivity contribution in [2.45, 2.75) is 66.2 Å². The highest BCUT2D eigenvalue weighted by Crippen LogP contribution is 2.06. The largest absolute Gasteiger partial charge is 0.316 e. The molecule has 1 N–H and O–H groups in total. The lowest BCUT2D eigenvalue weighted by Crippen LogP contribution is -2.16. The summed E-state index contributed by atoms with van der Waals surface area (Å²) in [7, 11) is 0. The summed E-state index contributed by atoms with van der Waals surface area (Å²) < 4.78 is 0.